The fraction of sp³-hybridized carbons (Fsp3) is 0.538. The highest BCUT2D eigenvalue weighted by atomic mass is 35.5. The van der Waals surface area contributed by atoms with Crippen LogP contribution in [-0.4, -0.2) is 83.0 Å². The molecule has 0 aromatic heterocycles. The molecule has 3 atom stereocenters. The lowest BCUT2D eigenvalue weighted by molar-refractivity contribution is -0.139. The second-order valence-corrected chi connectivity index (χ2v) is 10.3. The SMILES string of the molecule is CC(C)COC(=O)N[C@@H](CCC(=O)O)C(=O)N[C@@H](CCC(=O)O)C(=O)N[C@@H](CS)C(=O)NCCc1ccccc1Cl. The van der Waals surface area contributed by atoms with Crippen LogP contribution in [0.5, 0.6) is 0 Å². The van der Waals surface area contributed by atoms with Crippen LogP contribution in [0.4, 0.5) is 4.79 Å². The molecule has 41 heavy (non-hydrogen) atoms. The number of nitrogens with one attached hydrogen (secondary N) is 4. The van der Waals surface area contributed by atoms with E-state index in [0.717, 1.165) is 5.56 Å². The number of hydrogen-bond donors (Lipinski definition) is 7. The van der Waals surface area contributed by atoms with Crippen LogP contribution in [-0.2, 0) is 35.1 Å². The quantitative estimate of drug-likeness (QED) is 0.119. The Morgan fingerprint density at radius 2 is 1.39 bits per heavy atom. The van der Waals surface area contributed by atoms with Crippen LogP contribution >= 0.6 is 24.2 Å². The van der Waals surface area contributed by atoms with Crippen LogP contribution in [0.15, 0.2) is 24.3 Å². The van der Waals surface area contributed by atoms with E-state index in [9.17, 15) is 28.8 Å². The average Bonchev–Trinajstić information content (AvgIpc) is 2.91. The summed E-state index contributed by atoms with van der Waals surface area (Å²) in [6.07, 6.45) is -2.18. The molecule has 15 heteroatoms. The number of carboxylic acid groups (broad SMARTS) is 2. The average molecular weight is 617 g/mol. The predicted octanol–water partition coefficient (Wildman–Crippen LogP) is 1.38. The fourth-order valence-electron chi connectivity index (χ4n) is 3.38. The fourth-order valence-corrected chi connectivity index (χ4v) is 3.87. The molecule has 1 aromatic rings. The molecule has 13 nitrogen and oxygen atoms in total. The van der Waals surface area contributed by atoms with Crippen LogP contribution in [0.25, 0.3) is 0 Å². The van der Waals surface area contributed by atoms with Crippen molar-refractivity contribution < 1.29 is 43.7 Å². The second-order valence-electron chi connectivity index (χ2n) is 9.49. The zero-order chi connectivity index (χ0) is 30.9. The molecule has 0 aliphatic heterocycles. The minimum absolute atomic E-state index is 0.00394. The van der Waals surface area contributed by atoms with Gasteiger partial charge in [0.25, 0.3) is 0 Å². The maximum Gasteiger partial charge on any atom is 0.407 e. The summed E-state index contributed by atoms with van der Waals surface area (Å²) in [5.41, 5.74) is 0.816. The Hall–Kier alpha value is -3.52. The summed E-state index contributed by atoms with van der Waals surface area (Å²) in [4.78, 5) is 73.0. The van der Waals surface area contributed by atoms with E-state index in [1.165, 1.54) is 0 Å². The summed E-state index contributed by atoms with van der Waals surface area (Å²) >= 11 is 10.2. The lowest BCUT2D eigenvalue weighted by Crippen LogP contribution is -2.57. The molecule has 0 spiro atoms. The van der Waals surface area contributed by atoms with E-state index in [1.54, 1.807) is 26.0 Å². The van der Waals surface area contributed by atoms with Gasteiger partial charge in [-0.1, -0.05) is 43.6 Å². The minimum atomic E-state index is -1.42. The Bertz CT molecular complexity index is 1070. The van der Waals surface area contributed by atoms with Crippen LogP contribution in [0.2, 0.25) is 5.02 Å². The van der Waals surface area contributed by atoms with E-state index in [4.69, 9.17) is 26.6 Å². The topological polar surface area (TPSA) is 200 Å². The van der Waals surface area contributed by atoms with Crippen molar-refractivity contribution in [3.8, 4) is 0 Å². The van der Waals surface area contributed by atoms with Gasteiger partial charge in [-0.2, -0.15) is 12.6 Å². The number of thiol groups is 1. The number of ether oxygens (including phenoxy) is 1. The summed E-state index contributed by atoms with van der Waals surface area (Å²) < 4.78 is 4.99. The molecule has 0 aliphatic rings. The lowest BCUT2D eigenvalue weighted by Gasteiger charge is -2.24. The standard InChI is InChI=1S/C26H37ClN4O9S/c1-15(2)13-40-26(39)31-19(8-10-22(34)35)25(38)29-18(7-9-21(32)33)24(37)30-20(14-41)23(36)28-12-11-16-5-3-4-6-17(16)27/h3-6,15,18-20,41H,7-14H2,1-2H3,(H,28,36)(H,29,38)(H,30,37)(H,31,39)(H,32,33)(H,34,35)/t18-,19-,20-/m0/s1. The number of carboxylic acids is 2. The molecule has 0 saturated carbocycles. The highest BCUT2D eigenvalue weighted by Crippen LogP contribution is 2.14. The summed E-state index contributed by atoms with van der Waals surface area (Å²) in [7, 11) is 0. The van der Waals surface area contributed by atoms with Crippen LogP contribution in [0, 0.1) is 5.92 Å². The third-order valence-corrected chi connectivity index (χ3v) is 6.28. The molecule has 1 rings (SSSR count). The third kappa shape index (κ3) is 14.6. The molecule has 228 valence electrons. The molecular formula is C26H37ClN4O9S. The molecule has 1 aromatic carbocycles. The van der Waals surface area contributed by atoms with Crippen LogP contribution < -0.4 is 21.3 Å². The number of hydrogen-bond acceptors (Lipinski definition) is 8. The molecule has 0 radical (unpaired) electrons. The predicted molar refractivity (Wildman–Crippen MR) is 153 cm³/mol. The maximum atomic E-state index is 13.0. The van der Waals surface area contributed by atoms with E-state index < -0.39 is 66.7 Å². The van der Waals surface area contributed by atoms with Gasteiger partial charge < -0.3 is 36.2 Å². The number of carbonyl (C=O) groups is 6. The van der Waals surface area contributed by atoms with Gasteiger partial charge in [-0.3, -0.25) is 24.0 Å². The van der Waals surface area contributed by atoms with Crippen molar-refractivity contribution in [3.63, 3.8) is 0 Å². The number of halogens is 1. The molecular weight excluding hydrogens is 580 g/mol. The number of benzene rings is 1. The Balaban J connectivity index is 2.90. The molecule has 0 aliphatic carbocycles. The van der Waals surface area contributed by atoms with Gasteiger partial charge >= 0.3 is 18.0 Å². The summed E-state index contributed by atoms with van der Waals surface area (Å²) in [6.45, 7) is 3.86. The number of amides is 4. The van der Waals surface area contributed by atoms with Gasteiger partial charge in [0.15, 0.2) is 0 Å². The molecule has 0 heterocycles. The molecule has 0 bridgehead atoms. The molecule has 0 unspecified atom stereocenters. The Morgan fingerprint density at radius 1 is 0.854 bits per heavy atom. The van der Waals surface area contributed by atoms with Crippen LogP contribution in [0.1, 0.15) is 45.1 Å². The van der Waals surface area contributed by atoms with Gasteiger partial charge in [-0.25, -0.2) is 4.79 Å². The lowest BCUT2D eigenvalue weighted by atomic mass is 10.1. The van der Waals surface area contributed by atoms with E-state index in [1.807, 2.05) is 12.1 Å². The normalized spacial score (nSPS) is 12.9. The minimum Gasteiger partial charge on any atom is -0.481 e. The first-order valence-electron chi connectivity index (χ1n) is 12.9. The molecule has 0 fully saturated rings. The first-order chi connectivity index (χ1) is 19.3. The highest BCUT2D eigenvalue weighted by Gasteiger charge is 2.30. The first-order valence-corrected chi connectivity index (χ1v) is 13.9. The maximum absolute atomic E-state index is 13.0. The van der Waals surface area contributed by atoms with E-state index in [-0.39, 0.29) is 37.7 Å². The first kappa shape index (κ1) is 35.5. The summed E-state index contributed by atoms with van der Waals surface area (Å²) in [6, 6.07) is 3.19. The van der Waals surface area contributed by atoms with Crippen molar-refractivity contribution in [2.24, 2.45) is 5.92 Å². The van der Waals surface area contributed by atoms with Gasteiger partial charge in [0.2, 0.25) is 17.7 Å². The number of alkyl carbamates (subject to hydrolysis) is 1. The van der Waals surface area contributed by atoms with E-state index in [0.29, 0.717) is 11.4 Å². The van der Waals surface area contributed by atoms with Gasteiger partial charge in [0.1, 0.15) is 18.1 Å². The zero-order valence-corrected chi connectivity index (χ0v) is 24.5. The van der Waals surface area contributed by atoms with Crippen molar-refractivity contribution >= 4 is 60.0 Å². The van der Waals surface area contributed by atoms with Crippen LogP contribution in [0.3, 0.4) is 0 Å². The molecule has 4 amide bonds. The van der Waals surface area contributed by atoms with Crippen molar-refractivity contribution in [2.75, 3.05) is 18.9 Å². The molecule has 6 N–H and O–H groups in total. The Labute approximate surface area is 248 Å². The van der Waals surface area contributed by atoms with Crippen molar-refractivity contribution in [1.82, 2.24) is 21.3 Å². The smallest absolute Gasteiger partial charge is 0.407 e. The monoisotopic (exact) mass is 616 g/mol. The molecule has 0 saturated heterocycles. The van der Waals surface area contributed by atoms with Crippen molar-refractivity contribution in [1.29, 1.82) is 0 Å². The summed E-state index contributed by atoms with van der Waals surface area (Å²) in [5, 5.41) is 28.4. The number of aliphatic carboxylic acids is 2. The van der Waals surface area contributed by atoms with Gasteiger partial charge in [0, 0.05) is 30.2 Å². The van der Waals surface area contributed by atoms with E-state index in [2.05, 4.69) is 33.9 Å². The Morgan fingerprint density at radius 3 is 1.90 bits per heavy atom. The van der Waals surface area contributed by atoms with Gasteiger partial charge in [-0.05, 0) is 36.8 Å². The van der Waals surface area contributed by atoms with Gasteiger partial charge in [-0.15, -0.1) is 0 Å². The highest BCUT2D eigenvalue weighted by molar-refractivity contribution is 7.80. The van der Waals surface area contributed by atoms with Crippen molar-refractivity contribution in [2.45, 2.75) is 64.1 Å². The largest absolute Gasteiger partial charge is 0.481 e. The summed E-state index contributed by atoms with van der Waals surface area (Å²) in [5.74, 6) is -4.91. The van der Waals surface area contributed by atoms with Gasteiger partial charge in [0.05, 0.1) is 6.61 Å². The Kier molecular flexibility index (Phi) is 16.2. The van der Waals surface area contributed by atoms with E-state index >= 15 is 0 Å². The second kappa shape index (κ2) is 18.8. The number of rotatable bonds is 18. The van der Waals surface area contributed by atoms with Crippen molar-refractivity contribution in [3.05, 3.63) is 34.9 Å². The third-order valence-electron chi connectivity index (χ3n) is 5.55. The zero-order valence-electron chi connectivity index (χ0n) is 22.9. The number of carbonyl (C=O) groups excluding carboxylic acids is 4.